The number of guanidine groups is 1. The zero-order chi connectivity index (χ0) is 21.3. The molecule has 0 aliphatic carbocycles. The Bertz CT molecular complexity index is 866. The smallest absolute Gasteiger partial charge is 0.222 e. The molecule has 0 aromatic heterocycles. The fraction of sp³-hybridized carbons (Fsp3) is 0.417. The highest BCUT2D eigenvalue weighted by atomic mass is 32.2. The lowest BCUT2D eigenvalue weighted by Crippen LogP contribution is -2.38. The van der Waals surface area contributed by atoms with Gasteiger partial charge in [-0.2, -0.15) is 0 Å². The molecule has 6 heteroatoms. The van der Waals surface area contributed by atoms with Crippen LogP contribution >= 0.6 is 11.8 Å². The van der Waals surface area contributed by atoms with Crippen LogP contribution in [0.3, 0.4) is 0 Å². The molecule has 5 nitrogen and oxygen atoms in total. The summed E-state index contributed by atoms with van der Waals surface area (Å²) in [5, 5.41) is 3.39. The van der Waals surface area contributed by atoms with E-state index in [1.165, 1.54) is 16.0 Å². The van der Waals surface area contributed by atoms with E-state index in [9.17, 15) is 4.79 Å². The molecule has 2 aromatic rings. The van der Waals surface area contributed by atoms with Gasteiger partial charge < -0.3 is 15.1 Å². The van der Waals surface area contributed by atoms with Gasteiger partial charge in [0.2, 0.25) is 5.91 Å². The molecule has 3 rings (SSSR count). The monoisotopic (exact) mass is 424 g/mol. The van der Waals surface area contributed by atoms with Gasteiger partial charge in [-0.15, -0.1) is 11.8 Å². The molecule has 2 aromatic carbocycles. The quantitative estimate of drug-likeness (QED) is 0.393. The van der Waals surface area contributed by atoms with Crippen molar-refractivity contribution in [1.82, 2.24) is 15.1 Å². The minimum Gasteiger partial charge on any atom is -0.357 e. The van der Waals surface area contributed by atoms with E-state index in [2.05, 4.69) is 79.0 Å². The Balaban J connectivity index is 1.64. The maximum absolute atomic E-state index is 11.9. The fourth-order valence-corrected chi connectivity index (χ4v) is 4.04. The Morgan fingerprint density at radius 2 is 1.93 bits per heavy atom. The Morgan fingerprint density at radius 1 is 1.17 bits per heavy atom. The van der Waals surface area contributed by atoms with Crippen LogP contribution in [0.25, 0.3) is 0 Å². The van der Waals surface area contributed by atoms with Crippen LogP contribution in [0.5, 0.6) is 0 Å². The first-order chi connectivity index (χ1) is 14.6. The molecule has 1 heterocycles. The third kappa shape index (κ3) is 6.26. The molecule has 1 amide bonds. The van der Waals surface area contributed by atoms with Crippen molar-refractivity contribution in [2.75, 3.05) is 26.4 Å². The third-order valence-corrected chi connectivity index (χ3v) is 5.97. The second-order valence-electron chi connectivity index (χ2n) is 7.61. The van der Waals surface area contributed by atoms with Gasteiger partial charge in [-0.05, 0) is 48.4 Å². The molecule has 0 spiro atoms. The van der Waals surface area contributed by atoms with Gasteiger partial charge in [0.05, 0.1) is 6.54 Å². The fourth-order valence-electron chi connectivity index (χ4n) is 3.63. The normalized spacial score (nSPS) is 14.3. The van der Waals surface area contributed by atoms with Crippen molar-refractivity contribution in [3.8, 4) is 0 Å². The van der Waals surface area contributed by atoms with Gasteiger partial charge >= 0.3 is 0 Å². The number of aliphatic imine (C=N–C) groups is 1. The van der Waals surface area contributed by atoms with Crippen LogP contribution in [0.2, 0.25) is 0 Å². The first-order valence-electron chi connectivity index (χ1n) is 10.6. The van der Waals surface area contributed by atoms with E-state index in [1.54, 1.807) is 11.8 Å². The van der Waals surface area contributed by atoms with Crippen molar-refractivity contribution in [3.63, 3.8) is 0 Å². The van der Waals surface area contributed by atoms with Crippen molar-refractivity contribution < 1.29 is 4.79 Å². The average Bonchev–Trinajstić information content (AvgIpc) is 3.16. The minimum absolute atomic E-state index is 0.264. The van der Waals surface area contributed by atoms with Gasteiger partial charge in [-0.3, -0.25) is 4.79 Å². The molecule has 30 heavy (non-hydrogen) atoms. The highest BCUT2D eigenvalue weighted by Gasteiger charge is 2.19. The largest absolute Gasteiger partial charge is 0.357 e. The van der Waals surface area contributed by atoms with Crippen LogP contribution in [0.4, 0.5) is 0 Å². The Hall–Kier alpha value is -2.47. The summed E-state index contributed by atoms with van der Waals surface area (Å²) in [4.78, 5) is 22.1. The van der Waals surface area contributed by atoms with Crippen molar-refractivity contribution in [2.45, 2.75) is 44.3 Å². The van der Waals surface area contributed by atoms with Crippen LogP contribution in [0, 0.1) is 0 Å². The number of hydrogen-bond acceptors (Lipinski definition) is 3. The summed E-state index contributed by atoms with van der Waals surface area (Å²) in [5.74, 6) is 1.16. The number of likely N-dealkylation sites (tertiary alicyclic amines) is 1. The molecule has 1 aliphatic heterocycles. The summed E-state index contributed by atoms with van der Waals surface area (Å²) >= 11 is 1.76. The predicted octanol–water partition coefficient (Wildman–Crippen LogP) is 4.13. The molecule has 1 fully saturated rings. The van der Waals surface area contributed by atoms with Crippen molar-refractivity contribution in [1.29, 1.82) is 0 Å². The van der Waals surface area contributed by atoms with E-state index in [1.807, 2.05) is 4.90 Å². The first kappa shape index (κ1) is 22.2. The highest BCUT2D eigenvalue weighted by molar-refractivity contribution is 7.98. The molecular formula is C24H32N4OS. The van der Waals surface area contributed by atoms with E-state index in [0.29, 0.717) is 19.5 Å². The van der Waals surface area contributed by atoms with E-state index in [4.69, 9.17) is 4.99 Å². The molecule has 0 radical (unpaired) electrons. The first-order valence-corrected chi connectivity index (χ1v) is 11.8. The van der Waals surface area contributed by atoms with Crippen molar-refractivity contribution >= 4 is 23.6 Å². The predicted molar refractivity (Wildman–Crippen MR) is 126 cm³/mol. The summed E-state index contributed by atoms with van der Waals surface area (Å²) in [6.45, 7) is 5.89. The molecular weight excluding hydrogens is 392 g/mol. The zero-order valence-corrected chi connectivity index (χ0v) is 19.0. The van der Waals surface area contributed by atoms with Crippen LogP contribution in [0.15, 0.2) is 58.4 Å². The molecule has 1 saturated heterocycles. The molecule has 0 bridgehead atoms. The zero-order valence-electron chi connectivity index (χ0n) is 18.2. The van der Waals surface area contributed by atoms with Crippen LogP contribution in [0.1, 0.15) is 36.5 Å². The number of carbonyl (C=O) groups excluding carboxylic acids is 1. The number of nitrogens with zero attached hydrogens (tertiary/aromatic N) is 3. The maximum Gasteiger partial charge on any atom is 0.222 e. The number of benzene rings is 2. The lowest BCUT2D eigenvalue weighted by Gasteiger charge is -2.22. The van der Waals surface area contributed by atoms with E-state index < -0.39 is 0 Å². The number of nitrogens with one attached hydrogen (secondary N) is 1. The average molecular weight is 425 g/mol. The minimum atomic E-state index is 0.264. The number of carbonyl (C=O) groups is 1. The van der Waals surface area contributed by atoms with Gasteiger partial charge in [0.1, 0.15) is 0 Å². The van der Waals surface area contributed by atoms with Gasteiger partial charge in [0, 0.05) is 44.5 Å². The van der Waals surface area contributed by atoms with Gasteiger partial charge in [0.25, 0.3) is 0 Å². The molecule has 1 aliphatic rings. The summed E-state index contributed by atoms with van der Waals surface area (Å²) in [5.41, 5.74) is 3.59. The number of thioether (sulfide) groups is 1. The van der Waals surface area contributed by atoms with Crippen LogP contribution < -0.4 is 5.32 Å². The highest BCUT2D eigenvalue weighted by Crippen LogP contribution is 2.17. The number of hydrogen-bond donors (Lipinski definition) is 1. The summed E-state index contributed by atoms with van der Waals surface area (Å²) in [6, 6.07) is 17.1. The summed E-state index contributed by atoms with van der Waals surface area (Å²) in [6.07, 6.45) is 3.75. The topological polar surface area (TPSA) is 47.9 Å². The summed E-state index contributed by atoms with van der Waals surface area (Å²) < 4.78 is 0. The Labute approximate surface area is 184 Å². The third-order valence-electron chi connectivity index (χ3n) is 5.22. The number of rotatable bonds is 8. The van der Waals surface area contributed by atoms with E-state index >= 15 is 0 Å². The molecule has 0 atom stereocenters. The maximum atomic E-state index is 11.9. The van der Waals surface area contributed by atoms with Crippen LogP contribution in [-0.4, -0.2) is 48.1 Å². The Morgan fingerprint density at radius 3 is 2.60 bits per heavy atom. The molecule has 0 unspecified atom stereocenters. The van der Waals surface area contributed by atoms with Gasteiger partial charge in [-0.1, -0.05) is 36.4 Å². The molecule has 160 valence electrons. The number of amides is 1. The van der Waals surface area contributed by atoms with E-state index in [-0.39, 0.29) is 5.91 Å². The second-order valence-corrected chi connectivity index (χ2v) is 8.49. The molecule has 1 N–H and O–H groups in total. The lowest BCUT2D eigenvalue weighted by molar-refractivity contribution is -0.128. The SMILES string of the molecule is CCNC(=NCc1cccc(CN2CCCC2=O)c1)N(C)Cc1ccc(SC)cc1. The van der Waals surface area contributed by atoms with Gasteiger partial charge in [-0.25, -0.2) is 4.99 Å². The van der Waals surface area contributed by atoms with Crippen molar-refractivity contribution in [2.24, 2.45) is 4.99 Å². The standard InChI is InChI=1S/C24H32N4OS/c1-4-25-24(27(2)17-19-10-12-22(30-3)13-11-19)26-16-20-7-5-8-21(15-20)18-28-14-6-9-23(28)29/h5,7-8,10-13,15H,4,6,9,14,16-18H2,1-3H3,(H,25,26). The second kappa shape index (κ2) is 11.1. The van der Waals surface area contributed by atoms with Crippen molar-refractivity contribution in [3.05, 3.63) is 65.2 Å². The summed E-state index contributed by atoms with van der Waals surface area (Å²) in [7, 11) is 2.07. The lowest BCUT2D eigenvalue weighted by atomic mass is 10.1. The molecule has 0 saturated carbocycles. The van der Waals surface area contributed by atoms with Crippen LogP contribution in [-0.2, 0) is 24.4 Å². The Kier molecular flexibility index (Phi) is 8.20. The van der Waals surface area contributed by atoms with Gasteiger partial charge in [0.15, 0.2) is 5.96 Å². The van der Waals surface area contributed by atoms with E-state index in [0.717, 1.165) is 37.6 Å².